The van der Waals surface area contributed by atoms with Crippen molar-refractivity contribution in [3.05, 3.63) is 99.4 Å². The lowest BCUT2D eigenvalue weighted by molar-refractivity contribution is 0.0696. The van der Waals surface area contributed by atoms with Gasteiger partial charge in [-0.3, -0.25) is 4.99 Å². The number of fused-ring (bicyclic) bond motifs is 3. The van der Waals surface area contributed by atoms with Crippen LogP contribution < -0.4 is 0 Å². The fourth-order valence-corrected chi connectivity index (χ4v) is 5.49. The van der Waals surface area contributed by atoms with E-state index in [4.69, 9.17) is 9.73 Å². The Bertz CT molecular complexity index is 1410. The van der Waals surface area contributed by atoms with E-state index in [0.717, 1.165) is 45.6 Å². The largest absolute Gasteiger partial charge is 0.478 e. The SMILES string of the molecule is COC(=O)N1CCc2ccc3c(c2C1)N=C(c1ccc(C(=O)O)cc1)C3[C@H](C)Cc1ccc(C)c(F)c1. The lowest BCUT2D eigenvalue weighted by Crippen LogP contribution is -2.35. The Hall–Kier alpha value is -4.00. The van der Waals surface area contributed by atoms with Crippen molar-refractivity contribution in [2.45, 2.75) is 39.2 Å². The number of methoxy groups -OCH3 is 1. The van der Waals surface area contributed by atoms with Crippen LogP contribution in [0.25, 0.3) is 0 Å². The number of hydrogen-bond donors (Lipinski definition) is 1. The Kier molecular flexibility index (Phi) is 6.54. The molecule has 1 N–H and O–H groups in total. The van der Waals surface area contributed by atoms with Crippen molar-refractivity contribution in [2.75, 3.05) is 13.7 Å². The fourth-order valence-electron chi connectivity index (χ4n) is 5.49. The summed E-state index contributed by atoms with van der Waals surface area (Å²) >= 11 is 0. The zero-order valence-corrected chi connectivity index (χ0v) is 21.1. The Morgan fingerprint density at radius 1 is 1.16 bits per heavy atom. The van der Waals surface area contributed by atoms with E-state index in [1.165, 1.54) is 7.11 Å². The fraction of sp³-hybridized carbons (Fsp3) is 0.300. The van der Waals surface area contributed by atoms with E-state index in [0.29, 0.717) is 25.1 Å². The van der Waals surface area contributed by atoms with Crippen LogP contribution in [0.5, 0.6) is 0 Å². The Labute approximate surface area is 215 Å². The van der Waals surface area contributed by atoms with Crippen LogP contribution in [-0.2, 0) is 24.1 Å². The van der Waals surface area contributed by atoms with Gasteiger partial charge in [0.05, 0.1) is 30.6 Å². The highest BCUT2D eigenvalue weighted by Crippen LogP contribution is 2.46. The number of ether oxygens (including phenoxy) is 1. The van der Waals surface area contributed by atoms with E-state index in [9.17, 15) is 19.1 Å². The number of halogens is 1. The summed E-state index contributed by atoms with van der Waals surface area (Å²) in [7, 11) is 1.38. The van der Waals surface area contributed by atoms with Gasteiger partial charge in [-0.25, -0.2) is 14.0 Å². The number of carboxylic acids is 1. The summed E-state index contributed by atoms with van der Waals surface area (Å²) < 4.78 is 19.3. The number of carbonyl (C=O) groups excluding carboxylic acids is 1. The minimum atomic E-state index is -0.980. The summed E-state index contributed by atoms with van der Waals surface area (Å²) in [6.07, 6.45) is 1.01. The second kappa shape index (κ2) is 9.81. The van der Waals surface area contributed by atoms with Crippen molar-refractivity contribution in [2.24, 2.45) is 10.9 Å². The van der Waals surface area contributed by atoms with Crippen molar-refractivity contribution >= 4 is 23.5 Å². The van der Waals surface area contributed by atoms with Gasteiger partial charge >= 0.3 is 12.1 Å². The predicted molar refractivity (Wildman–Crippen MR) is 139 cm³/mol. The van der Waals surface area contributed by atoms with Gasteiger partial charge < -0.3 is 14.7 Å². The lowest BCUT2D eigenvalue weighted by atomic mass is 9.78. The van der Waals surface area contributed by atoms with E-state index >= 15 is 0 Å². The van der Waals surface area contributed by atoms with Crippen LogP contribution in [0.4, 0.5) is 14.9 Å². The second-order valence-corrected chi connectivity index (χ2v) is 9.90. The molecule has 7 heteroatoms. The van der Waals surface area contributed by atoms with Gasteiger partial charge in [-0.1, -0.05) is 43.3 Å². The van der Waals surface area contributed by atoms with E-state index in [-0.39, 0.29) is 29.3 Å². The van der Waals surface area contributed by atoms with Gasteiger partial charge in [0, 0.05) is 18.0 Å². The normalized spacial score (nSPS) is 17.0. The number of aryl methyl sites for hydroxylation is 1. The molecule has 37 heavy (non-hydrogen) atoms. The zero-order chi connectivity index (χ0) is 26.3. The molecular formula is C30H29FN2O4. The third kappa shape index (κ3) is 4.61. The number of nitrogens with zero attached hydrogens (tertiary/aromatic N) is 2. The molecule has 1 unspecified atom stereocenters. The first-order chi connectivity index (χ1) is 17.8. The Morgan fingerprint density at radius 3 is 2.59 bits per heavy atom. The van der Waals surface area contributed by atoms with Crippen LogP contribution in [0.2, 0.25) is 0 Å². The average Bonchev–Trinajstić information content (AvgIpc) is 3.30. The average molecular weight is 501 g/mol. The minimum absolute atomic E-state index is 0.0751. The van der Waals surface area contributed by atoms with Crippen LogP contribution >= 0.6 is 0 Å². The third-order valence-electron chi connectivity index (χ3n) is 7.50. The molecule has 6 nitrogen and oxygen atoms in total. The zero-order valence-electron chi connectivity index (χ0n) is 21.1. The van der Waals surface area contributed by atoms with Crippen LogP contribution in [0.3, 0.4) is 0 Å². The quantitative estimate of drug-likeness (QED) is 0.462. The maximum absolute atomic E-state index is 14.3. The molecule has 3 aromatic rings. The number of carbonyl (C=O) groups is 2. The molecule has 0 bridgehead atoms. The summed E-state index contributed by atoms with van der Waals surface area (Å²) in [5.74, 6) is -1.19. The minimum Gasteiger partial charge on any atom is -0.478 e. The molecule has 0 spiro atoms. The molecule has 0 fully saturated rings. The molecule has 0 radical (unpaired) electrons. The highest BCUT2D eigenvalue weighted by Gasteiger charge is 2.36. The highest BCUT2D eigenvalue weighted by atomic mass is 19.1. The predicted octanol–water partition coefficient (Wildman–Crippen LogP) is 6.05. The third-order valence-corrected chi connectivity index (χ3v) is 7.50. The van der Waals surface area contributed by atoms with Gasteiger partial charge in [-0.05, 0) is 71.7 Å². The monoisotopic (exact) mass is 500 g/mol. The summed E-state index contributed by atoms with van der Waals surface area (Å²) in [6.45, 7) is 4.90. The molecule has 190 valence electrons. The van der Waals surface area contributed by atoms with Crippen LogP contribution in [0, 0.1) is 18.7 Å². The molecule has 0 saturated carbocycles. The summed E-state index contributed by atoms with van der Waals surface area (Å²) in [4.78, 5) is 30.5. The first-order valence-electron chi connectivity index (χ1n) is 12.4. The molecule has 0 saturated heterocycles. The molecule has 2 atom stereocenters. The number of aromatic carboxylic acids is 1. The first kappa shape index (κ1) is 24.7. The molecular weight excluding hydrogens is 471 g/mol. The lowest BCUT2D eigenvalue weighted by Gasteiger charge is -2.29. The first-order valence-corrected chi connectivity index (χ1v) is 12.4. The van der Waals surface area contributed by atoms with Crippen molar-refractivity contribution in [1.29, 1.82) is 0 Å². The van der Waals surface area contributed by atoms with Crippen molar-refractivity contribution < 1.29 is 23.8 Å². The van der Waals surface area contributed by atoms with Gasteiger partial charge in [0.25, 0.3) is 0 Å². The maximum atomic E-state index is 14.3. The summed E-state index contributed by atoms with van der Waals surface area (Å²) in [5, 5.41) is 9.35. The Balaban J connectivity index is 1.57. The smallest absolute Gasteiger partial charge is 0.409 e. The van der Waals surface area contributed by atoms with Crippen LogP contribution in [-0.4, -0.2) is 41.4 Å². The molecule has 2 heterocycles. The molecule has 1 amide bonds. The van der Waals surface area contributed by atoms with Gasteiger partial charge in [-0.15, -0.1) is 0 Å². The number of hydrogen-bond acceptors (Lipinski definition) is 4. The molecule has 2 aliphatic rings. The van der Waals surface area contributed by atoms with Crippen molar-refractivity contribution in [1.82, 2.24) is 4.90 Å². The number of aliphatic imine (C=N–C) groups is 1. The molecule has 0 aromatic heterocycles. The molecule has 3 aromatic carbocycles. The van der Waals surface area contributed by atoms with Gasteiger partial charge in [0.1, 0.15) is 5.82 Å². The van der Waals surface area contributed by atoms with Gasteiger partial charge in [0.2, 0.25) is 0 Å². The highest BCUT2D eigenvalue weighted by molar-refractivity contribution is 6.10. The van der Waals surface area contributed by atoms with Gasteiger partial charge in [0.15, 0.2) is 0 Å². The second-order valence-electron chi connectivity index (χ2n) is 9.90. The van der Waals surface area contributed by atoms with E-state index in [1.54, 1.807) is 48.2 Å². The van der Waals surface area contributed by atoms with Gasteiger partial charge in [-0.2, -0.15) is 0 Å². The van der Waals surface area contributed by atoms with E-state index in [1.807, 2.05) is 6.07 Å². The molecule has 5 rings (SSSR count). The Morgan fingerprint density at radius 2 is 1.92 bits per heavy atom. The maximum Gasteiger partial charge on any atom is 0.409 e. The topological polar surface area (TPSA) is 79.2 Å². The van der Waals surface area contributed by atoms with E-state index in [2.05, 4.69) is 19.1 Å². The summed E-state index contributed by atoms with van der Waals surface area (Å²) in [6, 6.07) is 16.4. The molecule has 0 aliphatic carbocycles. The summed E-state index contributed by atoms with van der Waals surface area (Å²) in [5.41, 5.74) is 7.58. The van der Waals surface area contributed by atoms with Crippen molar-refractivity contribution in [3.63, 3.8) is 0 Å². The number of amides is 1. The number of rotatable bonds is 5. The van der Waals surface area contributed by atoms with E-state index < -0.39 is 5.97 Å². The van der Waals surface area contributed by atoms with Crippen LogP contribution in [0.1, 0.15) is 56.6 Å². The number of carboxylic acid groups (broad SMARTS) is 1. The molecule has 2 aliphatic heterocycles. The van der Waals surface area contributed by atoms with Crippen molar-refractivity contribution in [3.8, 4) is 0 Å². The van der Waals surface area contributed by atoms with Crippen LogP contribution in [0.15, 0.2) is 59.6 Å². The number of benzene rings is 3. The standard InChI is InChI=1S/C30H29FN2O4/c1-17-4-5-19(15-25(17)31)14-18(2)26-23-11-10-20-12-13-33(30(36)37-3)16-24(20)28(23)32-27(26)21-6-8-22(9-7-21)29(34)35/h4-11,15,18,26H,12-14,16H2,1-3H3,(H,34,35)/t18-,26?/m1/s1.